The average Bonchev–Trinajstić information content (AvgIpc) is 3.00. The fourth-order valence-electron chi connectivity index (χ4n) is 2.81. The van der Waals surface area contributed by atoms with E-state index >= 15 is 0 Å². The molecule has 0 saturated carbocycles. The van der Waals surface area contributed by atoms with Crippen LogP contribution in [0.4, 0.5) is 4.39 Å². The highest BCUT2D eigenvalue weighted by Gasteiger charge is 2.17. The summed E-state index contributed by atoms with van der Waals surface area (Å²) in [6.45, 7) is 5.94. The molecular formula is C19H22FN3O2S. The lowest BCUT2D eigenvalue weighted by Crippen LogP contribution is -2.26. The number of methoxy groups -OCH3 is 1. The molecule has 0 spiro atoms. The number of hydrogen-bond acceptors (Lipinski definition) is 4. The molecule has 7 heteroatoms. The van der Waals surface area contributed by atoms with Gasteiger partial charge in [0.1, 0.15) is 5.52 Å². The summed E-state index contributed by atoms with van der Waals surface area (Å²) in [5.41, 5.74) is 2.84. The largest absolute Gasteiger partial charge is 0.494 e. The van der Waals surface area contributed by atoms with Crippen LogP contribution < -0.4 is 10.3 Å². The van der Waals surface area contributed by atoms with Crippen molar-refractivity contribution in [1.29, 1.82) is 0 Å². The number of halogens is 1. The highest BCUT2D eigenvalue weighted by atomic mass is 32.2. The van der Waals surface area contributed by atoms with E-state index in [2.05, 4.69) is 9.97 Å². The number of aryl methyl sites for hydroxylation is 1. The van der Waals surface area contributed by atoms with Gasteiger partial charge in [-0.2, -0.15) is 0 Å². The third-order valence-electron chi connectivity index (χ3n) is 4.40. The van der Waals surface area contributed by atoms with Gasteiger partial charge in [0.25, 0.3) is 5.56 Å². The molecule has 1 N–H and O–H groups in total. The van der Waals surface area contributed by atoms with E-state index in [9.17, 15) is 9.18 Å². The molecule has 0 aliphatic heterocycles. The molecule has 5 nitrogen and oxygen atoms in total. The van der Waals surface area contributed by atoms with E-state index < -0.39 is 5.82 Å². The molecule has 3 rings (SSSR count). The fourth-order valence-corrected chi connectivity index (χ4v) is 3.85. The maximum Gasteiger partial charge on any atom is 0.278 e. The number of aromatic amines is 1. The van der Waals surface area contributed by atoms with Crippen LogP contribution >= 0.6 is 11.8 Å². The van der Waals surface area contributed by atoms with E-state index in [1.807, 2.05) is 32.9 Å². The van der Waals surface area contributed by atoms with Gasteiger partial charge in [0.05, 0.1) is 12.6 Å². The van der Waals surface area contributed by atoms with Gasteiger partial charge in [0.15, 0.2) is 16.7 Å². The molecule has 0 saturated heterocycles. The number of thioether (sulfide) groups is 1. The predicted molar refractivity (Wildman–Crippen MR) is 103 cm³/mol. The molecule has 0 bridgehead atoms. The van der Waals surface area contributed by atoms with Gasteiger partial charge in [0, 0.05) is 17.5 Å². The number of nitrogens with one attached hydrogen (secondary N) is 1. The monoisotopic (exact) mass is 375 g/mol. The normalized spacial score (nSPS) is 12.5. The summed E-state index contributed by atoms with van der Waals surface area (Å²) in [5, 5.41) is 0.645. The Morgan fingerprint density at radius 3 is 2.81 bits per heavy atom. The summed E-state index contributed by atoms with van der Waals surface area (Å²) < 4.78 is 20.6. The molecule has 138 valence electrons. The predicted octanol–water partition coefficient (Wildman–Crippen LogP) is 4.44. The lowest BCUT2D eigenvalue weighted by Gasteiger charge is -2.17. The smallest absolute Gasteiger partial charge is 0.278 e. The molecule has 26 heavy (non-hydrogen) atoms. The molecule has 0 amide bonds. The minimum Gasteiger partial charge on any atom is -0.494 e. The van der Waals surface area contributed by atoms with Crippen molar-refractivity contribution < 1.29 is 9.13 Å². The maximum absolute atomic E-state index is 13.9. The van der Waals surface area contributed by atoms with Crippen molar-refractivity contribution >= 4 is 22.8 Å². The minimum absolute atomic E-state index is 0.0260. The van der Waals surface area contributed by atoms with Gasteiger partial charge < -0.3 is 9.72 Å². The number of aromatic nitrogens is 3. The number of H-pyrrole nitrogens is 1. The van der Waals surface area contributed by atoms with Crippen LogP contribution in [0.1, 0.15) is 37.6 Å². The highest BCUT2D eigenvalue weighted by molar-refractivity contribution is 7.98. The number of fused-ring (bicyclic) bond motifs is 1. The van der Waals surface area contributed by atoms with Crippen LogP contribution in [0, 0.1) is 12.7 Å². The van der Waals surface area contributed by atoms with Gasteiger partial charge in [-0.25, -0.2) is 9.37 Å². The number of hydrogen-bond donors (Lipinski definition) is 1. The Balaban J connectivity index is 1.98. The number of benzene rings is 1. The van der Waals surface area contributed by atoms with E-state index in [1.54, 1.807) is 10.6 Å². The zero-order valence-electron chi connectivity index (χ0n) is 15.3. The van der Waals surface area contributed by atoms with Gasteiger partial charge in [-0.15, -0.1) is 0 Å². The Bertz CT molecular complexity index is 996. The molecule has 2 aromatic heterocycles. The number of nitrogens with zero attached hydrogens (tertiary/aromatic N) is 2. The summed E-state index contributed by atoms with van der Waals surface area (Å²) in [4.78, 5) is 20.7. The quantitative estimate of drug-likeness (QED) is 0.511. The van der Waals surface area contributed by atoms with E-state index in [0.717, 1.165) is 17.7 Å². The van der Waals surface area contributed by atoms with E-state index in [1.165, 1.54) is 24.9 Å². The fraction of sp³-hybridized carbons (Fsp3) is 0.368. The van der Waals surface area contributed by atoms with Gasteiger partial charge in [0.2, 0.25) is 0 Å². The first-order chi connectivity index (χ1) is 12.4. The maximum atomic E-state index is 13.9. The first-order valence-electron chi connectivity index (χ1n) is 8.51. The van der Waals surface area contributed by atoms with Crippen molar-refractivity contribution in [3.05, 3.63) is 51.7 Å². The summed E-state index contributed by atoms with van der Waals surface area (Å²) >= 11 is 1.43. The van der Waals surface area contributed by atoms with Crippen LogP contribution in [0.2, 0.25) is 0 Å². The highest BCUT2D eigenvalue weighted by Crippen LogP contribution is 2.27. The Labute approximate surface area is 155 Å². The van der Waals surface area contributed by atoms with E-state index in [0.29, 0.717) is 21.9 Å². The average molecular weight is 375 g/mol. The molecular weight excluding hydrogens is 353 g/mol. The second kappa shape index (κ2) is 7.53. The lowest BCUT2D eigenvalue weighted by atomic mass is 10.2. The molecule has 1 aromatic carbocycles. The van der Waals surface area contributed by atoms with Crippen molar-refractivity contribution in [2.45, 2.75) is 44.1 Å². The SMILES string of the molecule is CCC(C)n1c(SCc2ccc(OC)c(F)c2)nc2cc(C)[nH]c2c1=O. The van der Waals surface area contributed by atoms with Crippen molar-refractivity contribution in [2.75, 3.05) is 7.11 Å². The minimum atomic E-state index is -0.394. The number of rotatable bonds is 6. The molecule has 2 heterocycles. The Kier molecular flexibility index (Phi) is 5.36. The zero-order chi connectivity index (χ0) is 18.8. The number of ether oxygens (including phenoxy) is 1. The van der Waals surface area contributed by atoms with Gasteiger partial charge in [-0.1, -0.05) is 24.8 Å². The summed E-state index contributed by atoms with van der Waals surface area (Å²) in [6.07, 6.45) is 0.817. The Morgan fingerprint density at radius 1 is 1.38 bits per heavy atom. The Hall–Kier alpha value is -2.28. The van der Waals surface area contributed by atoms with Crippen LogP contribution in [0.5, 0.6) is 5.75 Å². The molecule has 0 radical (unpaired) electrons. The summed E-state index contributed by atoms with van der Waals surface area (Å²) in [5.74, 6) is 0.339. The van der Waals surface area contributed by atoms with Crippen molar-refractivity contribution in [2.24, 2.45) is 0 Å². The third kappa shape index (κ3) is 3.49. The molecule has 0 fully saturated rings. The van der Waals surface area contributed by atoms with Gasteiger partial charge in [-0.05, 0) is 44.0 Å². The zero-order valence-corrected chi connectivity index (χ0v) is 16.1. The van der Waals surface area contributed by atoms with E-state index in [4.69, 9.17) is 4.74 Å². The van der Waals surface area contributed by atoms with Gasteiger partial charge >= 0.3 is 0 Å². The third-order valence-corrected chi connectivity index (χ3v) is 5.43. The first-order valence-corrected chi connectivity index (χ1v) is 9.50. The topological polar surface area (TPSA) is 59.9 Å². The standard InChI is InChI=1S/C19H22FN3O2S/c1-5-12(3)23-18(24)17-15(8-11(2)21-17)22-19(23)26-10-13-6-7-16(25-4)14(20)9-13/h6-9,12,21H,5,10H2,1-4H3. The second-order valence-electron chi connectivity index (χ2n) is 6.30. The van der Waals surface area contributed by atoms with Crippen LogP contribution in [-0.4, -0.2) is 21.6 Å². The van der Waals surface area contributed by atoms with Crippen LogP contribution in [0.25, 0.3) is 11.0 Å². The van der Waals surface area contributed by atoms with Gasteiger partial charge in [-0.3, -0.25) is 9.36 Å². The van der Waals surface area contributed by atoms with Crippen LogP contribution in [0.15, 0.2) is 34.2 Å². The Morgan fingerprint density at radius 2 is 2.15 bits per heavy atom. The van der Waals surface area contributed by atoms with E-state index in [-0.39, 0.29) is 17.4 Å². The van der Waals surface area contributed by atoms with Crippen LogP contribution in [-0.2, 0) is 5.75 Å². The molecule has 1 unspecified atom stereocenters. The van der Waals surface area contributed by atoms with Crippen molar-refractivity contribution in [1.82, 2.24) is 14.5 Å². The summed E-state index contributed by atoms with van der Waals surface area (Å²) in [6, 6.07) is 6.78. The molecule has 0 aliphatic rings. The lowest BCUT2D eigenvalue weighted by molar-refractivity contribution is 0.386. The molecule has 0 aliphatic carbocycles. The van der Waals surface area contributed by atoms with Crippen molar-refractivity contribution in [3.63, 3.8) is 0 Å². The summed E-state index contributed by atoms with van der Waals surface area (Å²) in [7, 11) is 1.44. The van der Waals surface area contributed by atoms with Crippen LogP contribution in [0.3, 0.4) is 0 Å². The molecule has 1 atom stereocenters. The second-order valence-corrected chi connectivity index (χ2v) is 7.24. The van der Waals surface area contributed by atoms with Crippen molar-refractivity contribution in [3.8, 4) is 5.75 Å². The molecule has 3 aromatic rings. The first kappa shape index (κ1) is 18.5.